The van der Waals surface area contributed by atoms with Crippen LogP contribution in [-0.4, -0.2) is 48.5 Å². The summed E-state index contributed by atoms with van der Waals surface area (Å²) >= 11 is 0. The second-order valence-corrected chi connectivity index (χ2v) is 6.65. The summed E-state index contributed by atoms with van der Waals surface area (Å²) in [7, 11) is 1.69. The first-order valence-corrected chi connectivity index (χ1v) is 9.43. The molecule has 2 aromatic carbocycles. The molecule has 7 nitrogen and oxygen atoms in total. The fourth-order valence-corrected chi connectivity index (χ4v) is 3.26. The molecular formula is C21H24N6O. The summed E-state index contributed by atoms with van der Waals surface area (Å²) in [6.45, 7) is 4.25. The van der Waals surface area contributed by atoms with Gasteiger partial charge in [-0.05, 0) is 29.8 Å². The summed E-state index contributed by atoms with van der Waals surface area (Å²) in [5.41, 5.74) is 2.41. The molecule has 1 N–H and O–H groups in total. The van der Waals surface area contributed by atoms with E-state index in [9.17, 15) is 0 Å². The van der Waals surface area contributed by atoms with Gasteiger partial charge in [-0.15, -0.1) is 5.10 Å². The summed E-state index contributed by atoms with van der Waals surface area (Å²) in [6.07, 6.45) is 1.67. The van der Waals surface area contributed by atoms with Crippen molar-refractivity contribution in [2.24, 2.45) is 0 Å². The molecule has 0 unspecified atom stereocenters. The van der Waals surface area contributed by atoms with Gasteiger partial charge in [0.2, 0.25) is 5.95 Å². The molecule has 0 aliphatic carbocycles. The van der Waals surface area contributed by atoms with Gasteiger partial charge in [-0.2, -0.15) is 10.1 Å². The molecule has 0 radical (unpaired) electrons. The van der Waals surface area contributed by atoms with Crippen LogP contribution in [-0.2, 0) is 6.54 Å². The zero-order valence-corrected chi connectivity index (χ0v) is 16.0. The van der Waals surface area contributed by atoms with Crippen LogP contribution < -0.4 is 19.9 Å². The zero-order chi connectivity index (χ0) is 19.2. The van der Waals surface area contributed by atoms with Crippen LogP contribution in [0.15, 0.2) is 60.8 Å². The van der Waals surface area contributed by atoms with Gasteiger partial charge in [-0.3, -0.25) is 0 Å². The summed E-state index contributed by atoms with van der Waals surface area (Å²) in [5.74, 6) is 2.29. The highest BCUT2D eigenvalue weighted by atomic mass is 16.5. The number of nitrogens with zero attached hydrogens (tertiary/aromatic N) is 5. The topological polar surface area (TPSA) is 66.4 Å². The van der Waals surface area contributed by atoms with Crippen LogP contribution in [0.2, 0.25) is 0 Å². The average Bonchev–Trinajstić information content (AvgIpc) is 2.79. The van der Waals surface area contributed by atoms with E-state index in [4.69, 9.17) is 4.74 Å². The number of hydrogen-bond acceptors (Lipinski definition) is 7. The van der Waals surface area contributed by atoms with E-state index in [2.05, 4.69) is 54.6 Å². The molecule has 28 heavy (non-hydrogen) atoms. The third kappa shape index (κ3) is 4.31. The molecule has 0 saturated carbocycles. The number of piperazine rings is 1. The van der Waals surface area contributed by atoms with Crippen LogP contribution in [0.3, 0.4) is 0 Å². The number of ether oxygens (including phenoxy) is 1. The number of benzene rings is 2. The number of nitrogens with one attached hydrogen (secondary N) is 1. The monoisotopic (exact) mass is 376 g/mol. The van der Waals surface area contributed by atoms with Crippen molar-refractivity contribution in [3.05, 3.63) is 66.4 Å². The molecule has 0 bridgehead atoms. The summed E-state index contributed by atoms with van der Waals surface area (Å²) < 4.78 is 5.23. The van der Waals surface area contributed by atoms with E-state index in [1.165, 1.54) is 11.3 Å². The van der Waals surface area contributed by atoms with Gasteiger partial charge in [0, 0.05) is 38.4 Å². The largest absolute Gasteiger partial charge is 0.497 e. The van der Waals surface area contributed by atoms with Crippen LogP contribution in [0, 0.1) is 0 Å². The minimum absolute atomic E-state index is 0.674. The van der Waals surface area contributed by atoms with Gasteiger partial charge >= 0.3 is 0 Å². The lowest BCUT2D eigenvalue weighted by Crippen LogP contribution is -2.47. The van der Waals surface area contributed by atoms with Crippen molar-refractivity contribution >= 4 is 17.5 Å². The average molecular weight is 376 g/mol. The molecule has 0 amide bonds. The Morgan fingerprint density at radius 3 is 2.36 bits per heavy atom. The number of hydrogen-bond donors (Lipinski definition) is 1. The Morgan fingerprint density at radius 2 is 1.64 bits per heavy atom. The summed E-state index contributed by atoms with van der Waals surface area (Å²) in [5, 5.41) is 11.7. The Kier molecular flexibility index (Phi) is 5.51. The van der Waals surface area contributed by atoms with E-state index in [-0.39, 0.29) is 0 Å². The zero-order valence-electron chi connectivity index (χ0n) is 16.0. The maximum Gasteiger partial charge on any atom is 0.247 e. The maximum atomic E-state index is 5.23. The normalized spacial score (nSPS) is 14.0. The second-order valence-electron chi connectivity index (χ2n) is 6.65. The lowest BCUT2D eigenvalue weighted by molar-refractivity contribution is 0.415. The standard InChI is InChI=1S/C21H24N6O/c1-28-19-9-7-18(8-10-19)26-11-13-27(14-12-26)21-24-20(16-23-25-21)22-15-17-5-3-2-4-6-17/h2-10,16H,11-15H2,1H3,(H,22,24,25). The fourth-order valence-electron chi connectivity index (χ4n) is 3.26. The first-order chi connectivity index (χ1) is 13.8. The van der Waals surface area contributed by atoms with Gasteiger partial charge in [0.05, 0.1) is 13.3 Å². The van der Waals surface area contributed by atoms with Crippen molar-refractivity contribution in [2.75, 3.05) is 48.4 Å². The molecule has 1 fully saturated rings. The van der Waals surface area contributed by atoms with E-state index < -0.39 is 0 Å². The van der Waals surface area contributed by atoms with Crippen molar-refractivity contribution in [3.63, 3.8) is 0 Å². The molecule has 1 aliphatic heterocycles. The van der Waals surface area contributed by atoms with E-state index in [1.54, 1.807) is 13.3 Å². The van der Waals surface area contributed by atoms with Crippen molar-refractivity contribution in [1.29, 1.82) is 0 Å². The lowest BCUT2D eigenvalue weighted by Gasteiger charge is -2.36. The molecular weight excluding hydrogens is 352 g/mol. The number of methoxy groups -OCH3 is 1. The van der Waals surface area contributed by atoms with Gasteiger partial charge in [0.25, 0.3) is 0 Å². The third-order valence-corrected chi connectivity index (χ3v) is 4.86. The van der Waals surface area contributed by atoms with Gasteiger partial charge < -0.3 is 19.9 Å². The van der Waals surface area contributed by atoms with E-state index >= 15 is 0 Å². The Balaban J connectivity index is 1.35. The Bertz CT molecular complexity index is 879. The first-order valence-electron chi connectivity index (χ1n) is 9.43. The predicted octanol–water partition coefficient (Wildman–Crippen LogP) is 2.82. The van der Waals surface area contributed by atoms with Crippen molar-refractivity contribution in [3.8, 4) is 5.75 Å². The minimum atomic E-state index is 0.674. The molecule has 0 spiro atoms. The Hall–Kier alpha value is -3.35. The molecule has 0 atom stereocenters. The quantitative estimate of drug-likeness (QED) is 0.709. The van der Waals surface area contributed by atoms with Crippen LogP contribution in [0.4, 0.5) is 17.5 Å². The van der Waals surface area contributed by atoms with E-state index in [1.807, 2.05) is 30.3 Å². The highest BCUT2D eigenvalue weighted by Gasteiger charge is 2.20. The molecule has 2 heterocycles. The highest BCUT2D eigenvalue weighted by molar-refractivity contribution is 5.51. The van der Waals surface area contributed by atoms with E-state index in [0.717, 1.165) is 37.7 Å². The number of aromatic nitrogens is 3. The molecule has 1 aromatic heterocycles. The smallest absolute Gasteiger partial charge is 0.247 e. The van der Waals surface area contributed by atoms with E-state index in [0.29, 0.717) is 12.5 Å². The van der Waals surface area contributed by atoms with Crippen LogP contribution in [0.1, 0.15) is 5.56 Å². The van der Waals surface area contributed by atoms with Crippen molar-refractivity contribution in [1.82, 2.24) is 15.2 Å². The van der Waals surface area contributed by atoms with Crippen LogP contribution in [0.25, 0.3) is 0 Å². The molecule has 3 aromatic rings. The fraction of sp³-hybridized carbons (Fsp3) is 0.286. The van der Waals surface area contributed by atoms with Crippen molar-refractivity contribution < 1.29 is 4.74 Å². The second kappa shape index (κ2) is 8.56. The first kappa shape index (κ1) is 18.0. The van der Waals surface area contributed by atoms with Crippen LogP contribution in [0.5, 0.6) is 5.75 Å². The van der Waals surface area contributed by atoms with Gasteiger partial charge in [0.1, 0.15) is 5.75 Å². The minimum Gasteiger partial charge on any atom is -0.497 e. The summed E-state index contributed by atoms with van der Waals surface area (Å²) in [6, 6.07) is 18.4. The number of anilines is 3. The molecule has 1 aliphatic rings. The van der Waals surface area contributed by atoms with Crippen molar-refractivity contribution in [2.45, 2.75) is 6.54 Å². The SMILES string of the molecule is COc1ccc(N2CCN(c3nncc(NCc4ccccc4)n3)CC2)cc1. The van der Waals surface area contributed by atoms with Gasteiger partial charge in [-0.25, -0.2) is 0 Å². The lowest BCUT2D eigenvalue weighted by atomic mass is 10.2. The summed E-state index contributed by atoms with van der Waals surface area (Å²) in [4.78, 5) is 9.18. The maximum absolute atomic E-state index is 5.23. The molecule has 4 rings (SSSR count). The van der Waals surface area contributed by atoms with Gasteiger partial charge in [0.15, 0.2) is 5.82 Å². The Labute approximate surface area is 165 Å². The highest BCUT2D eigenvalue weighted by Crippen LogP contribution is 2.21. The number of rotatable bonds is 6. The molecule has 7 heteroatoms. The molecule has 1 saturated heterocycles. The Morgan fingerprint density at radius 1 is 0.929 bits per heavy atom. The van der Waals surface area contributed by atoms with Crippen LogP contribution >= 0.6 is 0 Å². The molecule has 144 valence electrons. The third-order valence-electron chi connectivity index (χ3n) is 4.86. The predicted molar refractivity (Wildman–Crippen MR) is 111 cm³/mol. The van der Waals surface area contributed by atoms with Gasteiger partial charge in [-0.1, -0.05) is 30.3 Å².